The quantitative estimate of drug-likeness (QED) is 0.807. The predicted octanol–water partition coefficient (Wildman–Crippen LogP) is 2.49. The van der Waals surface area contributed by atoms with E-state index in [0.717, 1.165) is 0 Å². The van der Waals surface area contributed by atoms with Crippen LogP contribution in [0, 0.1) is 5.82 Å². The third-order valence-electron chi connectivity index (χ3n) is 3.29. The number of halogens is 1. The summed E-state index contributed by atoms with van der Waals surface area (Å²) in [6, 6.07) is 6.54. The van der Waals surface area contributed by atoms with Crippen molar-refractivity contribution in [1.82, 2.24) is 5.32 Å². The van der Waals surface area contributed by atoms with E-state index < -0.39 is 11.5 Å². The summed E-state index contributed by atoms with van der Waals surface area (Å²) in [7, 11) is 1.76. The first-order chi connectivity index (χ1) is 9.26. The first-order valence-corrected chi connectivity index (χ1v) is 6.73. The largest absolute Gasteiger partial charge is 0.480 e. The summed E-state index contributed by atoms with van der Waals surface area (Å²) in [6.07, 6.45) is 0.380. The summed E-state index contributed by atoms with van der Waals surface area (Å²) in [4.78, 5) is 13.2. The molecule has 0 bridgehead atoms. The van der Waals surface area contributed by atoms with Crippen LogP contribution in [0.25, 0.3) is 0 Å². The minimum absolute atomic E-state index is 0.0647. The second kappa shape index (κ2) is 6.70. The number of carbonyl (C=O) groups is 1. The zero-order valence-electron chi connectivity index (χ0n) is 12.5. The van der Waals surface area contributed by atoms with E-state index in [-0.39, 0.29) is 11.9 Å². The van der Waals surface area contributed by atoms with Crippen LogP contribution in [0.1, 0.15) is 27.2 Å². The van der Waals surface area contributed by atoms with Gasteiger partial charge in [-0.2, -0.15) is 0 Å². The Kier molecular flexibility index (Phi) is 5.51. The van der Waals surface area contributed by atoms with Crippen molar-refractivity contribution in [3.8, 4) is 0 Å². The molecule has 112 valence electrons. The lowest BCUT2D eigenvalue weighted by Crippen LogP contribution is -2.53. The Morgan fingerprint density at radius 2 is 2.05 bits per heavy atom. The second-order valence-corrected chi connectivity index (χ2v) is 5.56. The minimum atomic E-state index is -1.02. The van der Waals surface area contributed by atoms with E-state index in [4.69, 9.17) is 0 Å². The Hall–Kier alpha value is -1.62. The summed E-state index contributed by atoms with van der Waals surface area (Å²) in [5, 5.41) is 12.4. The molecule has 0 saturated heterocycles. The summed E-state index contributed by atoms with van der Waals surface area (Å²) in [6.45, 7) is 5.91. The predicted molar refractivity (Wildman–Crippen MR) is 78.6 cm³/mol. The van der Waals surface area contributed by atoms with Crippen LogP contribution in [0.2, 0.25) is 0 Å². The standard InChI is InChI=1S/C15H23FN2O2/c1-11(2)17-15(3,14(19)20)9-10-18(4)13-8-6-5-7-12(13)16/h5-8,11,17H,9-10H2,1-4H3,(H,19,20). The van der Waals surface area contributed by atoms with Gasteiger partial charge >= 0.3 is 5.97 Å². The normalized spacial score (nSPS) is 14.1. The zero-order valence-corrected chi connectivity index (χ0v) is 12.5. The fourth-order valence-corrected chi connectivity index (χ4v) is 2.15. The molecular weight excluding hydrogens is 259 g/mol. The van der Waals surface area contributed by atoms with Crippen molar-refractivity contribution in [1.29, 1.82) is 0 Å². The first kappa shape index (κ1) is 16.4. The van der Waals surface area contributed by atoms with Gasteiger partial charge in [-0.05, 0) is 39.3 Å². The van der Waals surface area contributed by atoms with Crippen molar-refractivity contribution in [2.75, 3.05) is 18.5 Å². The highest BCUT2D eigenvalue weighted by atomic mass is 19.1. The number of rotatable bonds is 7. The maximum Gasteiger partial charge on any atom is 0.323 e. The monoisotopic (exact) mass is 282 g/mol. The molecule has 1 aromatic rings. The average molecular weight is 282 g/mol. The minimum Gasteiger partial charge on any atom is -0.480 e. The molecule has 0 aliphatic carbocycles. The molecule has 0 amide bonds. The number of nitrogens with zero attached hydrogens (tertiary/aromatic N) is 1. The summed E-state index contributed by atoms with van der Waals surface area (Å²) >= 11 is 0. The lowest BCUT2D eigenvalue weighted by atomic mass is 9.96. The van der Waals surface area contributed by atoms with Gasteiger partial charge in [0.05, 0.1) is 5.69 Å². The maximum atomic E-state index is 13.7. The molecule has 20 heavy (non-hydrogen) atoms. The number of carboxylic acid groups (broad SMARTS) is 1. The Labute approximate surface area is 119 Å². The number of aliphatic carboxylic acids is 1. The van der Waals surface area contributed by atoms with Gasteiger partial charge in [-0.1, -0.05) is 12.1 Å². The summed E-state index contributed by atoms with van der Waals surface area (Å²) < 4.78 is 13.7. The van der Waals surface area contributed by atoms with Gasteiger partial charge in [0.15, 0.2) is 0 Å². The number of anilines is 1. The molecule has 1 atom stereocenters. The van der Waals surface area contributed by atoms with E-state index >= 15 is 0 Å². The van der Waals surface area contributed by atoms with Gasteiger partial charge in [0.25, 0.3) is 0 Å². The maximum absolute atomic E-state index is 13.7. The second-order valence-electron chi connectivity index (χ2n) is 5.56. The van der Waals surface area contributed by atoms with E-state index in [0.29, 0.717) is 18.7 Å². The highest BCUT2D eigenvalue weighted by Gasteiger charge is 2.33. The molecule has 0 aliphatic heterocycles. The first-order valence-electron chi connectivity index (χ1n) is 6.73. The molecule has 2 N–H and O–H groups in total. The van der Waals surface area contributed by atoms with Crippen LogP contribution in [0.5, 0.6) is 0 Å². The lowest BCUT2D eigenvalue weighted by Gasteiger charge is -2.31. The van der Waals surface area contributed by atoms with E-state index in [1.54, 1.807) is 37.1 Å². The van der Waals surface area contributed by atoms with Crippen molar-refractivity contribution >= 4 is 11.7 Å². The molecule has 0 aliphatic rings. The lowest BCUT2D eigenvalue weighted by molar-refractivity contribution is -0.144. The molecule has 4 nitrogen and oxygen atoms in total. The Morgan fingerprint density at radius 3 is 2.55 bits per heavy atom. The van der Waals surface area contributed by atoms with Gasteiger partial charge in [-0.3, -0.25) is 10.1 Å². The van der Waals surface area contributed by atoms with Crippen LogP contribution in [-0.2, 0) is 4.79 Å². The highest BCUT2D eigenvalue weighted by Crippen LogP contribution is 2.19. The van der Waals surface area contributed by atoms with E-state index in [2.05, 4.69) is 5.32 Å². The zero-order chi connectivity index (χ0) is 15.3. The number of hydrogen-bond acceptors (Lipinski definition) is 3. The average Bonchev–Trinajstić information content (AvgIpc) is 2.35. The summed E-state index contributed by atoms with van der Waals surface area (Å²) in [5.74, 6) is -1.20. The Bertz CT molecular complexity index is 465. The number of para-hydroxylation sites is 1. The fourth-order valence-electron chi connectivity index (χ4n) is 2.15. The van der Waals surface area contributed by atoms with Crippen LogP contribution in [0.3, 0.4) is 0 Å². The van der Waals surface area contributed by atoms with Gasteiger partial charge in [0.2, 0.25) is 0 Å². The molecular formula is C15H23FN2O2. The van der Waals surface area contributed by atoms with Gasteiger partial charge in [0, 0.05) is 19.6 Å². The van der Waals surface area contributed by atoms with Crippen LogP contribution < -0.4 is 10.2 Å². The number of benzene rings is 1. The van der Waals surface area contributed by atoms with Crippen LogP contribution >= 0.6 is 0 Å². The van der Waals surface area contributed by atoms with Gasteiger partial charge in [-0.15, -0.1) is 0 Å². The molecule has 0 fully saturated rings. The van der Waals surface area contributed by atoms with Crippen LogP contribution in [0.15, 0.2) is 24.3 Å². The molecule has 1 rings (SSSR count). The molecule has 1 unspecified atom stereocenters. The van der Waals surface area contributed by atoms with Crippen LogP contribution in [-0.4, -0.2) is 36.2 Å². The topological polar surface area (TPSA) is 52.6 Å². The molecule has 0 aromatic heterocycles. The molecule has 0 spiro atoms. The molecule has 1 aromatic carbocycles. The van der Waals surface area contributed by atoms with Gasteiger partial charge in [-0.25, -0.2) is 4.39 Å². The van der Waals surface area contributed by atoms with Crippen molar-refractivity contribution in [2.24, 2.45) is 0 Å². The highest BCUT2D eigenvalue weighted by molar-refractivity contribution is 5.78. The smallest absolute Gasteiger partial charge is 0.323 e. The molecule has 0 heterocycles. The van der Waals surface area contributed by atoms with E-state index in [1.807, 2.05) is 13.8 Å². The number of hydrogen-bond donors (Lipinski definition) is 2. The Morgan fingerprint density at radius 1 is 1.45 bits per heavy atom. The SMILES string of the molecule is CC(C)NC(C)(CCN(C)c1ccccc1F)C(=O)O. The third-order valence-corrected chi connectivity index (χ3v) is 3.29. The fraction of sp³-hybridized carbons (Fsp3) is 0.533. The number of carboxylic acids is 1. The van der Waals surface area contributed by atoms with Crippen molar-refractivity contribution in [3.05, 3.63) is 30.1 Å². The van der Waals surface area contributed by atoms with Crippen molar-refractivity contribution in [2.45, 2.75) is 38.8 Å². The van der Waals surface area contributed by atoms with E-state index in [9.17, 15) is 14.3 Å². The molecule has 0 radical (unpaired) electrons. The van der Waals surface area contributed by atoms with Crippen molar-refractivity contribution < 1.29 is 14.3 Å². The Balaban J connectivity index is 2.73. The molecule has 0 saturated carbocycles. The number of nitrogens with one attached hydrogen (secondary N) is 1. The van der Waals surface area contributed by atoms with Gasteiger partial charge in [0.1, 0.15) is 11.4 Å². The van der Waals surface area contributed by atoms with Gasteiger partial charge < -0.3 is 10.0 Å². The third kappa shape index (κ3) is 4.20. The van der Waals surface area contributed by atoms with Crippen LogP contribution in [0.4, 0.5) is 10.1 Å². The van der Waals surface area contributed by atoms with Crippen molar-refractivity contribution in [3.63, 3.8) is 0 Å². The molecule has 5 heteroatoms. The van der Waals surface area contributed by atoms with E-state index in [1.165, 1.54) is 6.07 Å². The summed E-state index contributed by atoms with van der Waals surface area (Å²) in [5.41, 5.74) is -0.544.